The second-order valence-corrected chi connectivity index (χ2v) is 13.7. The number of halogens is 3. The molecule has 0 radical (unpaired) electrons. The first kappa shape index (κ1) is 35.3. The minimum Gasteiger partial charge on any atom is -0.494 e. The summed E-state index contributed by atoms with van der Waals surface area (Å²) in [5.41, 5.74) is 4.60. The number of hydrogen-bond acceptors (Lipinski definition) is 9. The van der Waals surface area contributed by atoms with Gasteiger partial charge >= 0.3 is 12.2 Å². The number of carbonyl (C=O) groups excluding carboxylic acids is 3. The Morgan fingerprint density at radius 1 is 0.923 bits per heavy atom. The molecule has 5 heterocycles. The van der Waals surface area contributed by atoms with Gasteiger partial charge in [0.25, 0.3) is 5.91 Å². The smallest absolute Gasteiger partial charge is 0.417 e. The first-order valence-electron chi connectivity index (χ1n) is 17.7. The van der Waals surface area contributed by atoms with Gasteiger partial charge in [-0.3, -0.25) is 24.7 Å². The quantitative estimate of drug-likeness (QED) is 0.291. The number of allylic oxidation sites excluding steroid dienone is 1. The lowest BCUT2D eigenvalue weighted by atomic mass is 9.89. The van der Waals surface area contributed by atoms with Gasteiger partial charge in [-0.2, -0.15) is 18.4 Å². The Hall–Kier alpha value is -5.07. The molecule has 12 nitrogen and oxygen atoms in total. The Labute approximate surface area is 300 Å². The summed E-state index contributed by atoms with van der Waals surface area (Å²) in [7, 11) is 0. The van der Waals surface area contributed by atoms with E-state index >= 15 is 0 Å². The number of nitrogens with zero attached hydrogens (tertiary/aromatic N) is 6. The third-order valence-electron chi connectivity index (χ3n) is 10.5. The van der Waals surface area contributed by atoms with Crippen LogP contribution in [0.3, 0.4) is 0 Å². The lowest BCUT2D eigenvalue weighted by Gasteiger charge is -2.38. The van der Waals surface area contributed by atoms with E-state index in [1.165, 1.54) is 16.6 Å². The van der Waals surface area contributed by atoms with Crippen LogP contribution < -0.4 is 20.4 Å². The van der Waals surface area contributed by atoms with Gasteiger partial charge in [-0.1, -0.05) is 12.1 Å². The Kier molecular flexibility index (Phi) is 10.1. The molecule has 2 unspecified atom stereocenters. The van der Waals surface area contributed by atoms with Gasteiger partial charge in [0.05, 0.1) is 23.8 Å². The second kappa shape index (κ2) is 14.9. The highest BCUT2D eigenvalue weighted by molar-refractivity contribution is 6.01. The maximum absolute atomic E-state index is 13.4. The molecule has 0 aromatic heterocycles. The number of rotatable bonds is 9. The molecule has 0 aliphatic carbocycles. The lowest BCUT2D eigenvalue weighted by molar-refractivity contribution is -0.138. The lowest BCUT2D eigenvalue weighted by Crippen LogP contribution is -2.56. The number of fused-ring (bicyclic) bond motifs is 1. The normalized spacial score (nSPS) is 23.0. The number of piperazine rings is 1. The van der Waals surface area contributed by atoms with Crippen LogP contribution in [-0.4, -0.2) is 102 Å². The molecular weight excluding hydrogens is 677 g/mol. The molecular formula is C37H41F3N8O4. The molecule has 5 aliphatic rings. The van der Waals surface area contributed by atoms with Crippen LogP contribution >= 0.6 is 0 Å². The highest BCUT2D eigenvalue weighted by Gasteiger charge is 2.44. The Morgan fingerprint density at radius 3 is 2.37 bits per heavy atom. The van der Waals surface area contributed by atoms with Crippen molar-refractivity contribution in [3.05, 3.63) is 83.2 Å². The number of hydrazine groups is 1. The van der Waals surface area contributed by atoms with Crippen molar-refractivity contribution in [2.75, 3.05) is 57.3 Å². The van der Waals surface area contributed by atoms with Crippen molar-refractivity contribution in [2.45, 2.75) is 56.4 Å². The predicted molar refractivity (Wildman–Crippen MR) is 184 cm³/mol. The molecule has 2 N–H and O–H groups in total. The Balaban J connectivity index is 0.812. The number of nitriles is 1. The number of hydrogen-bond donors (Lipinski definition) is 2. The molecule has 4 saturated heterocycles. The molecule has 2 aromatic carbocycles. The van der Waals surface area contributed by atoms with Gasteiger partial charge in [0, 0.05) is 69.8 Å². The maximum Gasteiger partial charge on any atom is 0.417 e. The van der Waals surface area contributed by atoms with Gasteiger partial charge in [0.2, 0.25) is 5.91 Å². The number of benzene rings is 2. The van der Waals surface area contributed by atoms with Crippen molar-refractivity contribution in [2.24, 2.45) is 0 Å². The monoisotopic (exact) mass is 718 g/mol. The number of ether oxygens (including phenoxy) is 1. The number of alkyl halides is 3. The van der Waals surface area contributed by atoms with E-state index in [2.05, 4.69) is 32.7 Å². The van der Waals surface area contributed by atoms with Gasteiger partial charge in [0.15, 0.2) is 0 Å². The fourth-order valence-corrected chi connectivity index (χ4v) is 7.59. The van der Waals surface area contributed by atoms with Crippen molar-refractivity contribution in [3.63, 3.8) is 0 Å². The topological polar surface area (TPSA) is 124 Å². The molecule has 15 heteroatoms. The molecule has 7 rings (SSSR count). The summed E-state index contributed by atoms with van der Waals surface area (Å²) in [4.78, 5) is 45.1. The van der Waals surface area contributed by atoms with Crippen molar-refractivity contribution in [3.8, 4) is 11.8 Å². The van der Waals surface area contributed by atoms with Crippen LogP contribution in [0.1, 0.15) is 54.7 Å². The predicted octanol–water partition coefficient (Wildman–Crippen LogP) is 4.13. The van der Waals surface area contributed by atoms with E-state index in [9.17, 15) is 27.6 Å². The van der Waals surface area contributed by atoms with E-state index in [0.29, 0.717) is 31.3 Å². The third kappa shape index (κ3) is 7.58. The highest BCUT2D eigenvalue weighted by Crippen LogP contribution is 2.37. The Morgan fingerprint density at radius 2 is 1.67 bits per heavy atom. The van der Waals surface area contributed by atoms with E-state index in [-0.39, 0.29) is 30.3 Å². The molecule has 0 bridgehead atoms. The van der Waals surface area contributed by atoms with Crippen LogP contribution in [0.5, 0.6) is 5.75 Å². The van der Waals surface area contributed by atoms with E-state index in [4.69, 9.17) is 10.00 Å². The van der Waals surface area contributed by atoms with E-state index in [1.807, 2.05) is 29.2 Å². The van der Waals surface area contributed by atoms with Crippen molar-refractivity contribution in [1.82, 2.24) is 30.5 Å². The molecule has 4 amide bonds. The zero-order valence-electron chi connectivity index (χ0n) is 28.6. The zero-order valence-corrected chi connectivity index (χ0v) is 28.6. The molecule has 274 valence electrons. The molecule has 2 aromatic rings. The average Bonchev–Trinajstić information content (AvgIpc) is 3.48. The molecule has 2 atom stereocenters. The summed E-state index contributed by atoms with van der Waals surface area (Å²) in [6.45, 7) is 6.27. The van der Waals surface area contributed by atoms with Crippen LogP contribution in [0.15, 0.2) is 66.5 Å². The minimum absolute atomic E-state index is 0.197. The highest BCUT2D eigenvalue weighted by atomic mass is 19.4. The van der Waals surface area contributed by atoms with Crippen LogP contribution in [-0.2, 0) is 15.8 Å². The SMILES string of the molecule is N#Cc1ccc(N2CCC(c3ccc(OCCCN4CCN(C5=CC6NN(C7CCC(=O)NC7=O)C(=O)N6C=C5)CC4)cc3)CC2)cc1C(F)(F)F. The molecule has 5 aliphatic heterocycles. The number of carbonyl (C=O) groups is 3. The van der Waals surface area contributed by atoms with Crippen LogP contribution in [0.4, 0.5) is 23.7 Å². The van der Waals surface area contributed by atoms with Gasteiger partial charge in [0.1, 0.15) is 18.0 Å². The third-order valence-corrected chi connectivity index (χ3v) is 10.5. The number of anilines is 1. The van der Waals surface area contributed by atoms with E-state index in [1.54, 1.807) is 23.2 Å². The van der Waals surface area contributed by atoms with Crippen LogP contribution in [0.2, 0.25) is 0 Å². The van der Waals surface area contributed by atoms with Gasteiger partial charge in [-0.15, -0.1) is 0 Å². The fourth-order valence-electron chi connectivity index (χ4n) is 7.59. The van der Waals surface area contributed by atoms with Gasteiger partial charge in [-0.25, -0.2) is 15.2 Å². The van der Waals surface area contributed by atoms with Crippen LogP contribution in [0, 0.1) is 11.3 Å². The summed E-state index contributed by atoms with van der Waals surface area (Å²) in [5, 5.41) is 12.7. The van der Waals surface area contributed by atoms with Crippen molar-refractivity contribution < 1.29 is 32.3 Å². The number of piperidine rings is 2. The van der Waals surface area contributed by atoms with E-state index < -0.39 is 29.9 Å². The number of nitrogens with one attached hydrogen (secondary N) is 2. The number of amides is 4. The summed E-state index contributed by atoms with van der Waals surface area (Å²) in [6.07, 6.45) is 3.71. The van der Waals surface area contributed by atoms with Crippen molar-refractivity contribution in [1.29, 1.82) is 5.26 Å². The van der Waals surface area contributed by atoms with Gasteiger partial charge in [-0.05, 0) is 79.6 Å². The molecule has 52 heavy (non-hydrogen) atoms. The second-order valence-electron chi connectivity index (χ2n) is 13.7. The maximum atomic E-state index is 13.4. The number of imide groups is 1. The molecule has 0 spiro atoms. The Bertz CT molecular complexity index is 1780. The summed E-state index contributed by atoms with van der Waals surface area (Å²) in [5.74, 6) is 0.337. The van der Waals surface area contributed by atoms with Crippen molar-refractivity contribution >= 4 is 23.5 Å². The minimum atomic E-state index is -4.57. The fraction of sp³-hybridized carbons (Fsp3) is 0.459. The first-order chi connectivity index (χ1) is 25.1. The average molecular weight is 719 g/mol. The van der Waals surface area contributed by atoms with Gasteiger partial charge < -0.3 is 14.5 Å². The summed E-state index contributed by atoms with van der Waals surface area (Å²) >= 11 is 0. The largest absolute Gasteiger partial charge is 0.494 e. The van der Waals surface area contributed by atoms with E-state index in [0.717, 1.165) is 69.5 Å². The molecule has 4 fully saturated rings. The number of urea groups is 1. The first-order valence-corrected chi connectivity index (χ1v) is 17.7. The summed E-state index contributed by atoms with van der Waals surface area (Å²) in [6, 6.07) is 12.7. The van der Waals surface area contributed by atoms with Crippen LogP contribution in [0.25, 0.3) is 0 Å². The zero-order chi connectivity index (χ0) is 36.4. The standard InChI is InChI=1S/C37H41F3N8O4/c38-37(39,40)31-22-28(5-2-27(31)24-41)45-14-10-26(11-15-45)25-3-6-30(7-4-25)52-21-1-13-44-17-19-46(20-18-44)29-12-16-47-33(23-29)43-48(36(47)51)32-8-9-34(49)42-35(32)50/h2-7,12,16,22-23,26,32-33,43H,1,8-11,13-15,17-21H2,(H,42,49,50). The summed E-state index contributed by atoms with van der Waals surface area (Å²) < 4.78 is 46.4. The molecule has 0 saturated carbocycles.